The first-order chi connectivity index (χ1) is 6.42. The standard InChI is InChI=1S/C9H12N4/c10-7-9-12-5-6-13(9)8-1-3-11-4-2-8/h5-6,8,11H,1-4H2. The zero-order valence-corrected chi connectivity index (χ0v) is 7.40. The number of nitrogens with one attached hydrogen (secondary N) is 1. The lowest BCUT2D eigenvalue weighted by Crippen LogP contribution is -2.29. The van der Waals surface area contributed by atoms with Crippen molar-refractivity contribution >= 4 is 0 Å². The van der Waals surface area contributed by atoms with Gasteiger partial charge in [0, 0.05) is 18.4 Å². The average molecular weight is 176 g/mol. The number of nitriles is 1. The Bertz CT molecular complexity index is 317. The quantitative estimate of drug-likeness (QED) is 0.684. The highest BCUT2D eigenvalue weighted by atomic mass is 15.1. The van der Waals surface area contributed by atoms with Gasteiger partial charge in [0.05, 0.1) is 0 Å². The van der Waals surface area contributed by atoms with Gasteiger partial charge in [-0.25, -0.2) is 4.98 Å². The number of rotatable bonds is 1. The summed E-state index contributed by atoms with van der Waals surface area (Å²) in [6.07, 6.45) is 5.77. The van der Waals surface area contributed by atoms with Crippen molar-refractivity contribution in [2.75, 3.05) is 13.1 Å². The number of hydrogen-bond acceptors (Lipinski definition) is 3. The molecule has 0 amide bonds. The second-order valence-electron chi connectivity index (χ2n) is 3.25. The lowest BCUT2D eigenvalue weighted by Gasteiger charge is -2.24. The first-order valence-corrected chi connectivity index (χ1v) is 4.55. The minimum Gasteiger partial charge on any atom is -0.319 e. The second kappa shape index (κ2) is 3.58. The van der Waals surface area contributed by atoms with Crippen LogP contribution in [0, 0.1) is 11.3 Å². The van der Waals surface area contributed by atoms with Gasteiger partial charge in [-0.2, -0.15) is 5.26 Å². The number of hydrogen-bond donors (Lipinski definition) is 1. The number of nitrogens with zero attached hydrogens (tertiary/aromatic N) is 3. The van der Waals surface area contributed by atoms with Crippen molar-refractivity contribution in [1.29, 1.82) is 5.26 Å². The smallest absolute Gasteiger partial charge is 0.212 e. The Hall–Kier alpha value is -1.34. The maximum atomic E-state index is 8.79. The van der Waals surface area contributed by atoms with Gasteiger partial charge >= 0.3 is 0 Å². The summed E-state index contributed by atoms with van der Waals surface area (Å²) in [5.74, 6) is 0.534. The third-order valence-corrected chi connectivity index (χ3v) is 2.47. The predicted octanol–water partition coefficient (Wildman–Crippen LogP) is 0.679. The van der Waals surface area contributed by atoms with Crippen LogP contribution in [0.3, 0.4) is 0 Å². The molecule has 1 saturated heterocycles. The topological polar surface area (TPSA) is 53.6 Å². The van der Waals surface area contributed by atoms with Gasteiger partial charge in [-0.15, -0.1) is 0 Å². The van der Waals surface area contributed by atoms with Crippen LogP contribution in [-0.4, -0.2) is 22.6 Å². The van der Waals surface area contributed by atoms with E-state index in [0.29, 0.717) is 11.9 Å². The lowest BCUT2D eigenvalue weighted by atomic mass is 10.1. The first-order valence-electron chi connectivity index (χ1n) is 4.55. The number of piperidine rings is 1. The monoisotopic (exact) mass is 176 g/mol. The Kier molecular flexibility index (Phi) is 2.28. The minimum atomic E-state index is 0.457. The van der Waals surface area contributed by atoms with Crippen molar-refractivity contribution in [1.82, 2.24) is 14.9 Å². The van der Waals surface area contributed by atoms with E-state index >= 15 is 0 Å². The summed E-state index contributed by atoms with van der Waals surface area (Å²) in [6, 6.07) is 2.56. The number of imidazole rings is 1. The van der Waals surface area contributed by atoms with Gasteiger partial charge in [0.15, 0.2) is 0 Å². The van der Waals surface area contributed by atoms with Gasteiger partial charge in [0.1, 0.15) is 6.07 Å². The Morgan fingerprint density at radius 3 is 3.00 bits per heavy atom. The average Bonchev–Trinajstić information content (AvgIpc) is 2.67. The van der Waals surface area contributed by atoms with Crippen LogP contribution in [0.2, 0.25) is 0 Å². The fourth-order valence-electron chi connectivity index (χ4n) is 1.78. The maximum Gasteiger partial charge on any atom is 0.212 e. The van der Waals surface area contributed by atoms with E-state index in [4.69, 9.17) is 5.26 Å². The molecule has 0 atom stereocenters. The van der Waals surface area contributed by atoms with Gasteiger partial charge in [0.25, 0.3) is 0 Å². The molecule has 0 aromatic carbocycles. The third kappa shape index (κ3) is 1.56. The molecule has 0 aliphatic carbocycles. The molecule has 0 radical (unpaired) electrons. The summed E-state index contributed by atoms with van der Waals surface area (Å²) in [6.45, 7) is 2.07. The molecule has 1 N–H and O–H groups in total. The van der Waals surface area contributed by atoms with E-state index in [9.17, 15) is 0 Å². The van der Waals surface area contributed by atoms with Crippen LogP contribution in [0.5, 0.6) is 0 Å². The predicted molar refractivity (Wildman–Crippen MR) is 48.1 cm³/mol. The highest BCUT2D eigenvalue weighted by Crippen LogP contribution is 2.19. The summed E-state index contributed by atoms with van der Waals surface area (Å²) in [7, 11) is 0. The van der Waals surface area contributed by atoms with E-state index in [1.165, 1.54) is 0 Å². The second-order valence-corrected chi connectivity index (χ2v) is 3.25. The normalized spacial score (nSPS) is 18.4. The van der Waals surface area contributed by atoms with Gasteiger partial charge < -0.3 is 9.88 Å². The van der Waals surface area contributed by atoms with Crippen molar-refractivity contribution in [3.63, 3.8) is 0 Å². The van der Waals surface area contributed by atoms with E-state index in [0.717, 1.165) is 25.9 Å². The van der Waals surface area contributed by atoms with Crippen molar-refractivity contribution < 1.29 is 0 Å². The van der Waals surface area contributed by atoms with Crippen molar-refractivity contribution in [3.05, 3.63) is 18.2 Å². The summed E-state index contributed by atoms with van der Waals surface area (Å²) in [4.78, 5) is 3.99. The molecule has 1 aromatic rings. The largest absolute Gasteiger partial charge is 0.319 e. The minimum absolute atomic E-state index is 0.457. The third-order valence-electron chi connectivity index (χ3n) is 2.47. The zero-order valence-electron chi connectivity index (χ0n) is 7.40. The zero-order chi connectivity index (χ0) is 9.10. The summed E-state index contributed by atoms with van der Waals surface area (Å²) >= 11 is 0. The van der Waals surface area contributed by atoms with Crippen LogP contribution in [0.4, 0.5) is 0 Å². The van der Waals surface area contributed by atoms with Crippen LogP contribution >= 0.6 is 0 Å². The van der Waals surface area contributed by atoms with Crippen molar-refractivity contribution in [2.45, 2.75) is 18.9 Å². The molecule has 0 bridgehead atoms. The van der Waals surface area contributed by atoms with Gasteiger partial charge in [-0.1, -0.05) is 0 Å². The Morgan fingerprint density at radius 2 is 2.31 bits per heavy atom. The van der Waals surface area contributed by atoms with Gasteiger partial charge in [-0.05, 0) is 25.9 Å². The Balaban J connectivity index is 2.19. The van der Waals surface area contributed by atoms with E-state index in [1.807, 2.05) is 10.8 Å². The van der Waals surface area contributed by atoms with Crippen LogP contribution in [0.15, 0.2) is 12.4 Å². The molecule has 1 aromatic heterocycles. The van der Waals surface area contributed by atoms with E-state index in [-0.39, 0.29) is 0 Å². The fourth-order valence-corrected chi connectivity index (χ4v) is 1.78. The van der Waals surface area contributed by atoms with E-state index < -0.39 is 0 Å². The number of aromatic nitrogens is 2. The molecule has 0 saturated carbocycles. The highest BCUT2D eigenvalue weighted by molar-refractivity contribution is 5.12. The molecular weight excluding hydrogens is 164 g/mol. The molecule has 68 valence electrons. The molecule has 1 fully saturated rings. The Morgan fingerprint density at radius 1 is 1.54 bits per heavy atom. The first kappa shape index (κ1) is 8.27. The van der Waals surface area contributed by atoms with Gasteiger partial charge in [0.2, 0.25) is 5.82 Å². The molecule has 4 nitrogen and oxygen atoms in total. The van der Waals surface area contributed by atoms with Crippen LogP contribution in [0.25, 0.3) is 0 Å². The molecule has 2 heterocycles. The summed E-state index contributed by atoms with van der Waals surface area (Å²) in [5, 5.41) is 12.1. The van der Waals surface area contributed by atoms with Crippen molar-refractivity contribution in [3.8, 4) is 6.07 Å². The summed E-state index contributed by atoms with van der Waals surface area (Å²) < 4.78 is 1.99. The molecule has 2 rings (SSSR count). The Labute approximate surface area is 77.2 Å². The van der Waals surface area contributed by atoms with Gasteiger partial charge in [-0.3, -0.25) is 0 Å². The highest BCUT2D eigenvalue weighted by Gasteiger charge is 2.16. The molecule has 0 unspecified atom stereocenters. The lowest BCUT2D eigenvalue weighted by molar-refractivity contribution is 0.366. The molecular formula is C9H12N4. The molecule has 13 heavy (non-hydrogen) atoms. The molecule has 0 spiro atoms. The fraction of sp³-hybridized carbons (Fsp3) is 0.556. The van der Waals surface area contributed by atoms with Crippen LogP contribution < -0.4 is 5.32 Å². The summed E-state index contributed by atoms with van der Waals surface area (Å²) in [5.41, 5.74) is 0. The van der Waals surface area contributed by atoms with E-state index in [2.05, 4.69) is 16.4 Å². The van der Waals surface area contributed by atoms with Crippen molar-refractivity contribution in [2.24, 2.45) is 0 Å². The molecule has 1 aliphatic heterocycles. The van der Waals surface area contributed by atoms with E-state index in [1.54, 1.807) is 6.20 Å². The van der Waals surface area contributed by atoms with Crippen LogP contribution in [-0.2, 0) is 0 Å². The maximum absolute atomic E-state index is 8.79. The molecule has 4 heteroatoms. The SMILES string of the molecule is N#Cc1nccn1C1CCNCC1. The molecule has 1 aliphatic rings. The van der Waals surface area contributed by atoms with Crippen LogP contribution in [0.1, 0.15) is 24.7 Å².